The Morgan fingerprint density at radius 3 is 2.81 bits per heavy atom. The molecule has 1 N–H and O–H groups in total. The molecule has 0 bridgehead atoms. The Bertz CT molecular complexity index is 1130. The molecular formula is C18H26N8O3SSi. The summed E-state index contributed by atoms with van der Waals surface area (Å²) in [5, 5.41) is 6.02. The number of fused-ring (bicyclic) bond motifs is 1. The van der Waals surface area contributed by atoms with Gasteiger partial charge in [-0.2, -0.15) is 0 Å². The van der Waals surface area contributed by atoms with Crippen molar-refractivity contribution in [2.75, 3.05) is 6.54 Å². The van der Waals surface area contributed by atoms with Gasteiger partial charge in [0.05, 0.1) is 24.1 Å². The lowest BCUT2D eigenvalue weighted by Gasteiger charge is -2.40. The van der Waals surface area contributed by atoms with Gasteiger partial charge in [0.2, 0.25) is 0 Å². The first kappa shape index (κ1) is 23.3. The molecule has 4 atom stereocenters. The van der Waals surface area contributed by atoms with Crippen LogP contribution in [0.4, 0.5) is 0 Å². The lowest BCUT2D eigenvalue weighted by Crippen LogP contribution is -2.48. The molecule has 0 saturated carbocycles. The van der Waals surface area contributed by atoms with E-state index in [9.17, 15) is 4.79 Å². The number of thiocarbonyl (C=S) groups is 1. The number of imidazole rings is 1. The third kappa shape index (κ3) is 4.47. The molecule has 31 heavy (non-hydrogen) atoms. The van der Waals surface area contributed by atoms with Gasteiger partial charge in [0.1, 0.15) is 18.0 Å². The normalized spacial score (nSPS) is 24.1. The Kier molecular flexibility index (Phi) is 6.47. The molecule has 1 saturated heterocycles. The summed E-state index contributed by atoms with van der Waals surface area (Å²) in [7, 11) is -2.27. The fourth-order valence-corrected chi connectivity index (χ4v) is 4.71. The van der Waals surface area contributed by atoms with Crippen LogP contribution in [-0.4, -0.2) is 57.8 Å². The maximum Gasteiger partial charge on any atom is 0.279 e. The van der Waals surface area contributed by atoms with Crippen LogP contribution in [0.15, 0.2) is 21.2 Å². The fraction of sp³-hybridized carbons (Fsp3) is 0.667. The zero-order chi connectivity index (χ0) is 23.0. The summed E-state index contributed by atoms with van der Waals surface area (Å²) in [5.41, 5.74) is 9.05. The minimum absolute atomic E-state index is 0.0508. The first-order valence-electron chi connectivity index (χ1n) is 9.84. The van der Waals surface area contributed by atoms with Crippen molar-refractivity contribution < 1.29 is 9.16 Å². The number of hydrogen-bond donors (Lipinski definition) is 1. The van der Waals surface area contributed by atoms with Crippen molar-refractivity contribution in [2.24, 2.45) is 10.1 Å². The van der Waals surface area contributed by atoms with Gasteiger partial charge in [0, 0.05) is 4.91 Å². The molecular weight excluding hydrogens is 436 g/mol. The third-order valence-electron chi connectivity index (χ3n) is 5.90. The van der Waals surface area contributed by atoms with Crippen LogP contribution < -0.4 is 5.56 Å². The summed E-state index contributed by atoms with van der Waals surface area (Å²) in [6.45, 7) is 12.4. The molecule has 11 nitrogen and oxygen atoms in total. The molecule has 0 radical (unpaired) electrons. The van der Waals surface area contributed by atoms with E-state index in [0.717, 1.165) is 0 Å². The Hall–Kier alpha value is -2.40. The highest BCUT2D eigenvalue weighted by atomic mass is 32.1. The van der Waals surface area contributed by atoms with Crippen LogP contribution in [-0.2, 0) is 9.16 Å². The lowest BCUT2D eigenvalue weighted by atomic mass is 10.1. The Morgan fingerprint density at radius 1 is 1.48 bits per heavy atom. The molecule has 1 fully saturated rings. The van der Waals surface area contributed by atoms with Gasteiger partial charge in [-0.15, -0.1) is 0 Å². The van der Waals surface area contributed by atoms with E-state index in [1.54, 1.807) is 11.5 Å². The minimum atomic E-state index is -2.27. The number of azide groups is 1. The van der Waals surface area contributed by atoms with E-state index in [1.165, 1.54) is 6.33 Å². The fourth-order valence-electron chi connectivity index (χ4n) is 3.29. The van der Waals surface area contributed by atoms with Crippen LogP contribution in [0.1, 0.15) is 32.8 Å². The van der Waals surface area contributed by atoms with Gasteiger partial charge in [0.15, 0.2) is 25.7 Å². The summed E-state index contributed by atoms with van der Waals surface area (Å²) >= 11 is 4.87. The molecule has 1 aliphatic rings. The van der Waals surface area contributed by atoms with E-state index in [4.69, 9.17) is 26.9 Å². The van der Waals surface area contributed by atoms with Crippen LogP contribution in [0.3, 0.4) is 0 Å². The van der Waals surface area contributed by atoms with Crippen molar-refractivity contribution in [2.45, 2.75) is 70.3 Å². The number of H-pyrrole nitrogens is 1. The second kappa shape index (κ2) is 8.62. The number of aromatic amines is 1. The molecule has 0 amide bonds. The van der Waals surface area contributed by atoms with E-state index in [1.807, 2.05) is 0 Å². The van der Waals surface area contributed by atoms with Crippen molar-refractivity contribution in [3.05, 3.63) is 32.9 Å². The summed E-state index contributed by atoms with van der Waals surface area (Å²) in [6, 6.07) is -0.539. The number of nitrogens with one attached hydrogen (secondary N) is 1. The molecule has 3 heterocycles. The lowest BCUT2D eigenvalue weighted by molar-refractivity contribution is -0.0285. The van der Waals surface area contributed by atoms with Crippen LogP contribution in [0, 0.1) is 6.92 Å². The first-order valence-corrected chi connectivity index (χ1v) is 13.2. The van der Waals surface area contributed by atoms with Crippen molar-refractivity contribution in [1.82, 2.24) is 19.5 Å². The molecule has 13 heteroatoms. The maximum atomic E-state index is 12.3. The van der Waals surface area contributed by atoms with Crippen LogP contribution in [0.25, 0.3) is 21.6 Å². The largest absolute Gasteiger partial charge is 0.407 e. The van der Waals surface area contributed by atoms with Gasteiger partial charge < -0.3 is 14.1 Å². The zero-order valence-corrected chi connectivity index (χ0v) is 20.2. The number of hydrogen-bond acceptors (Lipinski definition) is 8. The molecule has 1 aliphatic heterocycles. The highest BCUT2D eigenvalue weighted by Gasteiger charge is 2.51. The number of ether oxygens (including phenoxy) is 1. The highest BCUT2D eigenvalue weighted by molar-refractivity contribution is 7.78. The van der Waals surface area contributed by atoms with Gasteiger partial charge in [-0.05, 0) is 42.8 Å². The van der Waals surface area contributed by atoms with Crippen LogP contribution in [0.2, 0.25) is 18.1 Å². The highest BCUT2D eigenvalue weighted by Crippen LogP contribution is 2.43. The zero-order valence-electron chi connectivity index (χ0n) is 18.4. The third-order valence-corrected chi connectivity index (χ3v) is 10.5. The van der Waals surface area contributed by atoms with Gasteiger partial charge in [-0.25, -0.2) is 15.0 Å². The molecule has 2 aromatic heterocycles. The Balaban J connectivity index is 2.14. The second-order valence-corrected chi connectivity index (χ2v) is 13.9. The van der Waals surface area contributed by atoms with E-state index < -0.39 is 32.8 Å². The van der Waals surface area contributed by atoms with E-state index in [0.29, 0.717) is 11.5 Å². The van der Waals surface area contributed by atoms with Gasteiger partial charge in [0.25, 0.3) is 5.56 Å². The quantitative estimate of drug-likeness (QED) is 0.174. The van der Waals surface area contributed by atoms with Crippen LogP contribution in [0.5, 0.6) is 0 Å². The van der Waals surface area contributed by atoms with Gasteiger partial charge in [-0.3, -0.25) is 9.36 Å². The molecule has 0 aromatic carbocycles. The smallest absolute Gasteiger partial charge is 0.279 e. The van der Waals surface area contributed by atoms with Crippen molar-refractivity contribution >= 4 is 36.9 Å². The summed E-state index contributed by atoms with van der Waals surface area (Å²) in [4.78, 5) is 30.8. The Morgan fingerprint density at radius 2 is 2.19 bits per heavy atom. The molecule has 2 aromatic rings. The van der Waals surface area contributed by atoms with E-state index >= 15 is 0 Å². The van der Waals surface area contributed by atoms with Crippen molar-refractivity contribution in [3.63, 3.8) is 0 Å². The minimum Gasteiger partial charge on any atom is -0.407 e. The average molecular weight is 463 g/mol. The van der Waals surface area contributed by atoms with Gasteiger partial charge >= 0.3 is 0 Å². The predicted octanol–water partition coefficient (Wildman–Crippen LogP) is 3.50. The molecule has 1 unspecified atom stereocenters. The number of aryl methyl sites for hydroxylation is 1. The molecule has 0 aliphatic carbocycles. The van der Waals surface area contributed by atoms with Crippen LogP contribution >= 0.6 is 12.2 Å². The average Bonchev–Trinajstić information content (AvgIpc) is 3.21. The van der Waals surface area contributed by atoms with E-state index in [-0.39, 0.29) is 22.7 Å². The van der Waals surface area contributed by atoms with E-state index in [2.05, 4.69) is 69.0 Å². The predicted molar refractivity (Wildman–Crippen MR) is 122 cm³/mol. The van der Waals surface area contributed by atoms with Crippen molar-refractivity contribution in [1.29, 1.82) is 0 Å². The monoisotopic (exact) mass is 462 g/mol. The number of rotatable bonds is 6. The topological polar surface area (TPSA) is 143 Å². The SMILES string of the molecule is Cc1nc2c(ncn2[C@@H]2O[C@H](CN=[N+]=[N-])C(N=C=S)[C@@H]2O[Si](C)(C)C(C)(C)C)c(=O)[nH]1. The maximum absolute atomic E-state index is 12.3. The first-order chi connectivity index (χ1) is 14.5. The number of nitrogens with zero attached hydrogens (tertiary/aromatic N) is 7. The molecule has 3 rings (SSSR count). The van der Waals surface area contributed by atoms with Gasteiger partial charge in [-0.1, -0.05) is 25.9 Å². The van der Waals surface area contributed by atoms with Crippen molar-refractivity contribution in [3.8, 4) is 0 Å². The summed E-state index contributed by atoms with van der Waals surface area (Å²) < 4.78 is 14.7. The second-order valence-electron chi connectivity index (χ2n) is 9.01. The number of isothiocyanates is 1. The number of aromatic nitrogens is 4. The summed E-state index contributed by atoms with van der Waals surface area (Å²) in [6.07, 6.45) is -0.322. The molecule has 166 valence electrons. The number of aliphatic imine (C=N–C) groups is 1. The molecule has 0 spiro atoms. The Labute approximate surface area is 185 Å². The summed E-state index contributed by atoms with van der Waals surface area (Å²) in [5.74, 6) is 0.457. The standard InChI is InChI=1S/C18H26N8O3SSi/c1-10-23-15-13(16(27)24-10)20-8-26(15)17-14(29-31(5,6)18(2,3)4)12(21-9-30)11(28-17)7-22-25-19/h8,11-12,14,17H,7H2,1-6H3,(H,23,24,27)/t11-,12?,14+,17-/m1/s1.